The summed E-state index contributed by atoms with van der Waals surface area (Å²) in [6.07, 6.45) is 2.98. The molecule has 1 aliphatic carbocycles. The van der Waals surface area contributed by atoms with Crippen LogP contribution in [0.3, 0.4) is 0 Å². The normalized spacial score (nSPS) is 13.0. The van der Waals surface area contributed by atoms with Crippen LogP contribution in [0.5, 0.6) is 0 Å². The van der Waals surface area contributed by atoms with Crippen LogP contribution in [0.1, 0.15) is 33.7 Å². The fraction of sp³-hybridized carbons (Fsp3) is 0.474. The quantitative estimate of drug-likeness (QED) is 0.716. The highest BCUT2D eigenvalue weighted by Crippen LogP contribution is 2.27. The molecule has 0 saturated heterocycles. The van der Waals surface area contributed by atoms with Crippen LogP contribution in [0.15, 0.2) is 24.3 Å². The first kappa shape index (κ1) is 17.6. The van der Waals surface area contributed by atoms with Crippen molar-refractivity contribution in [1.82, 2.24) is 20.4 Å². The smallest absolute Gasteiger partial charge is 0.272 e. The van der Waals surface area contributed by atoms with Crippen molar-refractivity contribution in [3.8, 4) is 5.69 Å². The molecule has 2 N–H and O–H groups in total. The molecular weight excluding hydrogens is 316 g/mol. The van der Waals surface area contributed by atoms with Crippen molar-refractivity contribution >= 4 is 5.91 Å². The summed E-state index contributed by atoms with van der Waals surface area (Å²) in [5.41, 5.74) is 5.08. The zero-order valence-corrected chi connectivity index (χ0v) is 15.0. The largest absolute Gasteiger partial charge is 0.383 e. The Morgan fingerprint density at radius 1 is 1.20 bits per heavy atom. The van der Waals surface area contributed by atoms with Gasteiger partial charge in [-0.2, -0.15) is 5.10 Å². The van der Waals surface area contributed by atoms with Crippen molar-refractivity contribution < 1.29 is 9.53 Å². The van der Waals surface area contributed by atoms with Gasteiger partial charge in [-0.1, -0.05) is 17.7 Å². The number of methoxy groups -OCH3 is 1. The van der Waals surface area contributed by atoms with Gasteiger partial charge in [0.25, 0.3) is 5.91 Å². The molecule has 3 rings (SSSR count). The summed E-state index contributed by atoms with van der Waals surface area (Å²) in [4.78, 5) is 12.6. The second-order valence-corrected chi connectivity index (χ2v) is 6.37. The Morgan fingerprint density at radius 3 is 2.76 bits per heavy atom. The number of aryl methyl sites for hydroxylation is 1. The topological polar surface area (TPSA) is 68.2 Å². The number of hydrogen-bond acceptors (Lipinski definition) is 4. The molecule has 1 heterocycles. The van der Waals surface area contributed by atoms with E-state index in [9.17, 15) is 4.79 Å². The lowest BCUT2D eigenvalue weighted by atomic mass is 10.2. The van der Waals surface area contributed by atoms with Crippen molar-refractivity contribution in [2.45, 2.75) is 26.2 Å². The predicted molar refractivity (Wildman–Crippen MR) is 97.4 cm³/mol. The summed E-state index contributed by atoms with van der Waals surface area (Å²) in [7, 11) is 1.68. The molecule has 25 heavy (non-hydrogen) atoms. The number of rotatable bonds is 8. The van der Waals surface area contributed by atoms with Gasteiger partial charge in [0.05, 0.1) is 12.3 Å². The molecule has 1 amide bonds. The van der Waals surface area contributed by atoms with E-state index >= 15 is 0 Å². The lowest BCUT2D eigenvalue weighted by molar-refractivity contribution is 0.0947. The summed E-state index contributed by atoms with van der Waals surface area (Å²) in [5.74, 6) is -0.0856. The molecule has 1 aromatic carbocycles. The van der Waals surface area contributed by atoms with Gasteiger partial charge in [-0.3, -0.25) is 4.79 Å². The Kier molecular flexibility index (Phi) is 5.83. The minimum atomic E-state index is -0.0856. The Morgan fingerprint density at radius 2 is 2.00 bits per heavy atom. The zero-order chi connectivity index (χ0) is 17.6. The van der Waals surface area contributed by atoms with E-state index in [1.807, 2.05) is 4.68 Å². The highest BCUT2D eigenvalue weighted by atomic mass is 16.5. The van der Waals surface area contributed by atoms with E-state index in [-0.39, 0.29) is 5.91 Å². The van der Waals surface area contributed by atoms with E-state index in [4.69, 9.17) is 4.74 Å². The molecule has 0 spiro atoms. The fourth-order valence-electron chi connectivity index (χ4n) is 3.17. The molecule has 2 aromatic rings. The molecule has 1 aromatic heterocycles. The molecule has 0 atom stereocenters. The number of hydrogen-bond donors (Lipinski definition) is 2. The molecule has 0 bridgehead atoms. The second kappa shape index (κ2) is 8.27. The van der Waals surface area contributed by atoms with Crippen molar-refractivity contribution in [2.75, 3.05) is 33.4 Å². The minimum Gasteiger partial charge on any atom is -0.383 e. The minimum absolute atomic E-state index is 0.0856. The number of carbonyl (C=O) groups excluding carboxylic acids is 1. The van der Waals surface area contributed by atoms with E-state index in [0.29, 0.717) is 18.8 Å². The third kappa shape index (κ3) is 4.08. The monoisotopic (exact) mass is 342 g/mol. The number of aromatic nitrogens is 2. The van der Waals surface area contributed by atoms with Crippen LogP contribution in [0.4, 0.5) is 0 Å². The summed E-state index contributed by atoms with van der Waals surface area (Å²) >= 11 is 0. The molecular formula is C19H26N4O2. The Labute approximate surface area is 148 Å². The second-order valence-electron chi connectivity index (χ2n) is 6.37. The maximum Gasteiger partial charge on any atom is 0.272 e. The van der Waals surface area contributed by atoms with Gasteiger partial charge >= 0.3 is 0 Å². The Balaban J connectivity index is 1.69. The Hall–Kier alpha value is -2.18. The molecule has 0 saturated carbocycles. The van der Waals surface area contributed by atoms with Gasteiger partial charge < -0.3 is 15.4 Å². The summed E-state index contributed by atoms with van der Waals surface area (Å²) in [6.45, 7) is 4.81. The van der Waals surface area contributed by atoms with Gasteiger partial charge in [-0.05, 0) is 38.3 Å². The molecule has 0 radical (unpaired) electrons. The first-order chi connectivity index (χ1) is 12.2. The number of nitrogens with zero attached hydrogens (tertiary/aromatic N) is 2. The number of benzene rings is 1. The van der Waals surface area contributed by atoms with E-state index < -0.39 is 0 Å². The molecule has 6 nitrogen and oxygen atoms in total. The highest BCUT2D eigenvalue weighted by molar-refractivity contribution is 5.94. The number of nitrogens with one attached hydrogen (secondary N) is 2. The molecule has 0 fully saturated rings. The van der Waals surface area contributed by atoms with Crippen LogP contribution in [0.25, 0.3) is 5.69 Å². The van der Waals surface area contributed by atoms with Crippen LogP contribution >= 0.6 is 0 Å². The lowest BCUT2D eigenvalue weighted by Crippen LogP contribution is -2.33. The number of ether oxygens (including phenoxy) is 1. The lowest BCUT2D eigenvalue weighted by Gasteiger charge is -2.06. The van der Waals surface area contributed by atoms with Gasteiger partial charge in [0.2, 0.25) is 0 Å². The van der Waals surface area contributed by atoms with Crippen LogP contribution in [0.2, 0.25) is 0 Å². The van der Waals surface area contributed by atoms with Crippen molar-refractivity contribution in [2.24, 2.45) is 0 Å². The standard InChI is InChI=1S/C19H26N4O2/c1-14-6-8-15(9-7-14)23-17-5-3-4-16(17)18(22-23)19(24)21-11-10-20-12-13-25-2/h6-9,20H,3-5,10-13H2,1-2H3,(H,21,24). The molecule has 0 unspecified atom stereocenters. The first-order valence-corrected chi connectivity index (χ1v) is 8.86. The van der Waals surface area contributed by atoms with E-state index in [1.165, 1.54) is 11.3 Å². The maximum absolute atomic E-state index is 12.6. The summed E-state index contributed by atoms with van der Waals surface area (Å²) in [5, 5.41) is 10.8. The molecule has 6 heteroatoms. The molecule has 0 aliphatic heterocycles. The van der Waals surface area contributed by atoms with Crippen molar-refractivity contribution in [3.63, 3.8) is 0 Å². The van der Waals surface area contributed by atoms with Gasteiger partial charge in [-0.25, -0.2) is 4.68 Å². The van der Waals surface area contributed by atoms with Crippen LogP contribution in [0, 0.1) is 6.92 Å². The zero-order valence-electron chi connectivity index (χ0n) is 15.0. The van der Waals surface area contributed by atoms with Crippen LogP contribution in [-0.4, -0.2) is 49.0 Å². The highest BCUT2D eigenvalue weighted by Gasteiger charge is 2.26. The van der Waals surface area contributed by atoms with E-state index in [0.717, 1.165) is 43.6 Å². The first-order valence-electron chi connectivity index (χ1n) is 8.86. The number of carbonyl (C=O) groups is 1. The summed E-state index contributed by atoms with van der Waals surface area (Å²) in [6, 6.07) is 8.26. The van der Waals surface area contributed by atoms with Crippen molar-refractivity contribution in [1.29, 1.82) is 0 Å². The van der Waals surface area contributed by atoms with E-state index in [2.05, 4.69) is 46.9 Å². The average Bonchev–Trinajstić information content (AvgIpc) is 3.21. The van der Waals surface area contributed by atoms with Gasteiger partial charge in [-0.15, -0.1) is 0 Å². The average molecular weight is 342 g/mol. The Bertz CT molecular complexity index is 722. The number of amides is 1. The van der Waals surface area contributed by atoms with E-state index in [1.54, 1.807) is 7.11 Å². The van der Waals surface area contributed by atoms with Gasteiger partial charge in [0, 0.05) is 38.0 Å². The summed E-state index contributed by atoms with van der Waals surface area (Å²) < 4.78 is 6.92. The van der Waals surface area contributed by atoms with Gasteiger partial charge in [0.15, 0.2) is 5.69 Å². The maximum atomic E-state index is 12.6. The van der Waals surface area contributed by atoms with Crippen LogP contribution < -0.4 is 10.6 Å². The number of fused-ring (bicyclic) bond motifs is 1. The van der Waals surface area contributed by atoms with Crippen LogP contribution in [-0.2, 0) is 17.6 Å². The predicted octanol–water partition coefficient (Wildman–Crippen LogP) is 1.64. The molecule has 134 valence electrons. The molecule has 1 aliphatic rings. The third-order valence-electron chi connectivity index (χ3n) is 4.49. The fourth-order valence-corrected chi connectivity index (χ4v) is 3.17. The SMILES string of the molecule is COCCNCCNC(=O)c1nn(-c2ccc(C)cc2)c2c1CCC2. The third-order valence-corrected chi connectivity index (χ3v) is 4.49. The van der Waals surface area contributed by atoms with Crippen molar-refractivity contribution in [3.05, 3.63) is 46.8 Å². The van der Waals surface area contributed by atoms with Gasteiger partial charge in [0.1, 0.15) is 0 Å².